The lowest BCUT2D eigenvalue weighted by molar-refractivity contribution is 0.0975. The van der Waals surface area contributed by atoms with Crippen LogP contribution in [0.25, 0.3) is 0 Å². The summed E-state index contributed by atoms with van der Waals surface area (Å²) in [7, 11) is -3.79. The van der Waals surface area contributed by atoms with Crippen molar-refractivity contribution in [1.82, 2.24) is 0 Å². The Morgan fingerprint density at radius 2 is 1.90 bits per heavy atom. The minimum atomic E-state index is -3.79. The maximum Gasteiger partial charge on any atom is 0.404 e. The molecule has 0 aliphatic rings. The van der Waals surface area contributed by atoms with E-state index in [1.165, 1.54) is 6.07 Å². The van der Waals surface area contributed by atoms with Crippen molar-refractivity contribution in [2.45, 2.75) is 39.4 Å². The molecule has 0 N–H and O–H groups in total. The average Bonchev–Trinajstić information content (AvgIpc) is 2.92. The van der Waals surface area contributed by atoms with Gasteiger partial charge < -0.3 is 13.5 Å². The molecule has 7 heteroatoms. The molecular weight excluding hydrogens is 311 g/mol. The first-order chi connectivity index (χ1) is 10.1. The molecule has 1 rings (SSSR count). The van der Waals surface area contributed by atoms with E-state index in [2.05, 4.69) is 6.92 Å². The molecule has 21 heavy (non-hydrogen) atoms. The summed E-state index contributed by atoms with van der Waals surface area (Å²) >= 11 is 1.75. The molecule has 0 fully saturated rings. The lowest BCUT2D eigenvalue weighted by Gasteiger charge is -2.13. The fourth-order valence-corrected chi connectivity index (χ4v) is 3.99. The molecule has 0 radical (unpaired) electrons. The van der Waals surface area contributed by atoms with Gasteiger partial charge in [-0.05, 0) is 38.2 Å². The van der Waals surface area contributed by atoms with Crippen molar-refractivity contribution in [3.63, 3.8) is 0 Å². The third kappa shape index (κ3) is 5.62. The first-order valence-corrected chi connectivity index (χ1v) is 9.87. The fourth-order valence-electron chi connectivity index (χ4n) is 1.62. The molecule has 1 aromatic rings. The third-order valence-electron chi connectivity index (χ3n) is 2.61. The Morgan fingerprint density at radius 1 is 1.24 bits per heavy atom. The van der Waals surface area contributed by atoms with E-state index in [9.17, 15) is 9.36 Å². The number of carbonyl (C=O) groups is 1. The van der Waals surface area contributed by atoms with Crippen LogP contribution < -0.4 is 0 Å². The first-order valence-electron chi connectivity index (χ1n) is 7.17. The van der Waals surface area contributed by atoms with Crippen LogP contribution in [0.15, 0.2) is 16.5 Å². The van der Waals surface area contributed by atoms with Gasteiger partial charge in [-0.15, -0.1) is 0 Å². The van der Waals surface area contributed by atoms with Gasteiger partial charge in [-0.1, -0.05) is 13.3 Å². The molecule has 5 nitrogen and oxygen atoms in total. The molecule has 0 bridgehead atoms. The predicted octanol–water partition coefficient (Wildman–Crippen LogP) is 4.72. The van der Waals surface area contributed by atoms with Crippen molar-refractivity contribution in [1.29, 1.82) is 0 Å². The maximum atomic E-state index is 12.4. The van der Waals surface area contributed by atoms with Gasteiger partial charge in [-0.25, -0.2) is 0 Å². The van der Waals surface area contributed by atoms with Crippen LogP contribution in [0.4, 0.5) is 0 Å². The zero-order valence-electron chi connectivity index (χ0n) is 12.8. The summed E-state index contributed by atoms with van der Waals surface area (Å²) in [5, 5.41) is 0. The molecule has 0 aliphatic carbocycles. The highest BCUT2D eigenvalue weighted by molar-refractivity contribution is 7.98. The predicted molar refractivity (Wildman–Crippen MR) is 85.0 cm³/mol. The van der Waals surface area contributed by atoms with E-state index >= 15 is 0 Å². The van der Waals surface area contributed by atoms with E-state index in [4.69, 9.17) is 13.5 Å². The summed E-state index contributed by atoms with van der Waals surface area (Å²) in [6, 6.07) is 3.26. The van der Waals surface area contributed by atoms with Gasteiger partial charge >= 0.3 is 13.1 Å². The van der Waals surface area contributed by atoms with Crippen molar-refractivity contribution in [2.75, 3.05) is 19.0 Å². The highest BCUT2D eigenvalue weighted by atomic mass is 32.2. The van der Waals surface area contributed by atoms with Crippen LogP contribution in [0.5, 0.6) is 0 Å². The van der Waals surface area contributed by atoms with E-state index < -0.39 is 13.1 Å². The Morgan fingerprint density at radius 3 is 2.48 bits per heavy atom. The monoisotopic (exact) mass is 334 g/mol. The first kappa shape index (κ1) is 18.5. The second kappa shape index (κ2) is 9.46. The summed E-state index contributed by atoms with van der Waals surface area (Å²) in [6.45, 7) is 5.75. The lowest BCUT2D eigenvalue weighted by atomic mass is 10.4. The Labute approximate surface area is 130 Å². The Balaban J connectivity index is 2.69. The van der Waals surface area contributed by atoms with Crippen molar-refractivity contribution in [3.8, 4) is 0 Å². The van der Waals surface area contributed by atoms with Gasteiger partial charge in [-0.3, -0.25) is 9.36 Å². The molecule has 120 valence electrons. The molecule has 0 amide bonds. The highest BCUT2D eigenvalue weighted by Crippen LogP contribution is 2.51. The topological polar surface area (TPSA) is 65.7 Å². The van der Waals surface area contributed by atoms with Gasteiger partial charge in [0, 0.05) is 0 Å². The van der Waals surface area contributed by atoms with Crippen LogP contribution in [0, 0.1) is 0 Å². The SMILES string of the molecule is CCCCSCc1ccc(C(=O)P(=O)(OCC)OCC)o1. The van der Waals surface area contributed by atoms with Crippen LogP contribution in [0.2, 0.25) is 0 Å². The number of hydrogen-bond donors (Lipinski definition) is 0. The average molecular weight is 334 g/mol. The van der Waals surface area contributed by atoms with Crippen molar-refractivity contribution in [2.24, 2.45) is 0 Å². The molecule has 0 aromatic carbocycles. The van der Waals surface area contributed by atoms with Crippen LogP contribution in [-0.2, 0) is 19.4 Å². The van der Waals surface area contributed by atoms with E-state index in [0.717, 1.165) is 18.6 Å². The van der Waals surface area contributed by atoms with Gasteiger partial charge in [-0.2, -0.15) is 11.8 Å². The number of thioether (sulfide) groups is 1. The molecule has 1 aromatic heterocycles. The van der Waals surface area contributed by atoms with Crippen LogP contribution in [0.1, 0.15) is 49.9 Å². The summed E-state index contributed by atoms with van der Waals surface area (Å²) in [6.07, 6.45) is 2.31. The number of hydrogen-bond acceptors (Lipinski definition) is 6. The molecule has 0 saturated carbocycles. The summed E-state index contributed by atoms with van der Waals surface area (Å²) in [4.78, 5) is 12.2. The molecule has 1 heterocycles. The van der Waals surface area contributed by atoms with Crippen molar-refractivity contribution >= 4 is 24.9 Å². The molecular formula is C14H23O5PS. The van der Waals surface area contributed by atoms with E-state index in [1.54, 1.807) is 31.7 Å². The Bertz CT molecular complexity index is 475. The van der Waals surface area contributed by atoms with Gasteiger partial charge in [0.05, 0.1) is 19.0 Å². The third-order valence-corrected chi connectivity index (χ3v) is 5.59. The number of carbonyl (C=O) groups excluding carboxylic acids is 1. The fraction of sp³-hybridized carbons (Fsp3) is 0.643. The normalized spacial score (nSPS) is 11.8. The van der Waals surface area contributed by atoms with Crippen molar-refractivity contribution < 1.29 is 22.8 Å². The smallest absolute Gasteiger partial charge is 0.404 e. The summed E-state index contributed by atoms with van der Waals surface area (Å²) in [5.74, 6) is 2.47. The van der Waals surface area contributed by atoms with Gasteiger partial charge in [0.2, 0.25) is 0 Å². The Hall–Kier alpha value is -0.550. The molecule has 0 aliphatic heterocycles. The number of rotatable bonds is 11. The number of furan rings is 1. The number of unbranched alkanes of at least 4 members (excludes halogenated alkanes) is 1. The maximum absolute atomic E-state index is 12.4. The summed E-state index contributed by atoms with van der Waals surface area (Å²) < 4.78 is 27.9. The van der Waals surface area contributed by atoms with E-state index in [0.29, 0.717) is 11.5 Å². The molecule has 0 atom stereocenters. The van der Waals surface area contributed by atoms with E-state index in [1.807, 2.05) is 0 Å². The lowest BCUT2D eigenvalue weighted by Crippen LogP contribution is -2.06. The van der Waals surface area contributed by atoms with Crippen LogP contribution in [0.3, 0.4) is 0 Å². The van der Waals surface area contributed by atoms with Gasteiger partial charge in [0.1, 0.15) is 5.76 Å². The summed E-state index contributed by atoms with van der Waals surface area (Å²) in [5.41, 5.74) is -0.712. The molecule has 0 saturated heterocycles. The molecule has 0 spiro atoms. The second-order valence-electron chi connectivity index (χ2n) is 4.31. The second-order valence-corrected chi connectivity index (χ2v) is 7.33. The van der Waals surface area contributed by atoms with Crippen LogP contribution >= 0.6 is 19.4 Å². The van der Waals surface area contributed by atoms with Gasteiger partial charge in [0.25, 0.3) is 0 Å². The quantitative estimate of drug-likeness (QED) is 0.431. The zero-order valence-corrected chi connectivity index (χ0v) is 14.5. The standard InChI is InChI=1S/C14H23O5PS/c1-4-7-10-21-11-12-8-9-13(19-12)14(15)20(16,17-5-2)18-6-3/h8-9H,4-7,10-11H2,1-3H3. The largest absolute Gasteiger partial charge is 0.456 e. The molecule has 0 unspecified atom stereocenters. The van der Waals surface area contributed by atoms with Gasteiger partial charge in [0.15, 0.2) is 5.76 Å². The zero-order chi connectivity index (χ0) is 15.7. The van der Waals surface area contributed by atoms with Crippen LogP contribution in [-0.4, -0.2) is 24.5 Å². The Kier molecular flexibility index (Phi) is 8.34. The van der Waals surface area contributed by atoms with Crippen molar-refractivity contribution in [3.05, 3.63) is 23.7 Å². The minimum Gasteiger partial charge on any atom is -0.456 e. The minimum absolute atomic E-state index is 0.0336. The highest BCUT2D eigenvalue weighted by Gasteiger charge is 2.37. The van der Waals surface area contributed by atoms with E-state index in [-0.39, 0.29) is 19.0 Å².